The summed E-state index contributed by atoms with van der Waals surface area (Å²) >= 11 is 5.83. The van der Waals surface area contributed by atoms with Crippen LogP contribution in [0.4, 0.5) is 10.1 Å². The molecule has 1 aromatic rings. The topological polar surface area (TPSA) is 15.3 Å². The van der Waals surface area contributed by atoms with Gasteiger partial charge in [-0.05, 0) is 25.1 Å². The van der Waals surface area contributed by atoms with Crippen LogP contribution < -0.4 is 10.2 Å². The third-order valence-electron chi connectivity index (χ3n) is 2.68. The molecular weight excluding hydrogens is 215 g/mol. The summed E-state index contributed by atoms with van der Waals surface area (Å²) in [6, 6.07) is 5.05. The molecule has 1 aliphatic heterocycles. The van der Waals surface area contributed by atoms with Crippen LogP contribution in [-0.2, 0) is 0 Å². The number of rotatable bonds is 1. The standard InChI is InChI=1S/C11H14ClFN2/c1-8-7-14-2-3-15(8)11-5-9(12)4-10(13)6-11/h4-6,8,14H,2-3,7H2,1H3/t8-/m1/s1. The molecule has 15 heavy (non-hydrogen) atoms. The van der Waals surface area contributed by atoms with E-state index in [0.717, 1.165) is 25.3 Å². The quantitative estimate of drug-likeness (QED) is 0.794. The van der Waals surface area contributed by atoms with E-state index in [2.05, 4.69) is 17.1 Å². The van der Waals surface area contributed by atoms with Gasteiger partial charge in [0.05, 0.1) is 0 Å². The van der Waals surface area contributed by atoms with E-state index in [1.54, 1.807) is 0 Å². The molecule has 1 aliphatic rings. The van der Waals surface area contributed by atoms with Crippen molar-refractivity contribution in [2.75, 3.05) is 24.5 Å². The van der Waals surface area contributed by atoms with Crippen LogP contribution in [0.15, 0.2) is 18.2 Å². The number of benzene rings is 1. The van der Waals surface area contributed by atoms with Crippen molar-refractivity contribution in [1.29, 1.82) is 0 Å². The first kappa shape index (κ1) is 10.7. The van der Waals surface area contributed by atoms with Gasteiger partial charge < -0.3 is 10.2 Å². The number of nitrogens with one attached hydrogen (secondary N) is 1. The molecule has 0 aliphatic carbocycles. The minimum atomic E-state index is -0.275. The molecule has 0 unspecified atom stereocenters. The van der Waals surface area contributed by atoms with Crippen LogP contribution in [0.3, 0.4) is 0 Å². The van der Waals surface area contributed by atoms with E-state index >= 15 is 0 Å². The smallest absolute Gasteiger partial charge is 0.126 e. The molecule has 0 amide bonds. The predicted molar refractivity (Wildman–Crippen MR) is 61.1 cm³/mol. The molecule has 0 aromatic heterocycles. The SMILES string of the molecule is C[C@@H]1CNCCN1c1cc(F)cc(Cl)c1. The maximum Gasteiger partial charge on any atom is 0.126 e. The monoisotopic (exact) mass is 228 g/mol. The van der Waals surface area contributed by atoms with Gasteiger partial charge in [0.15, 0.2) is 0 Å². The maximum absolute atomic E-state index is 13.2. The summed E-state index contributed by atoms with van der Waals surface area (Å²) in [5, 5.41) is 3.75. The van der Waals surface area contributed by atoms with Gasteiger partial charge in [-0.15, -0.1) is 0 Å². The van der Waals surface area contributed by atoms with Gasteiger partial charge in [0.1, 0.15) is 5.82 Å². The Bertz CT molecular complexity index is 336. The average molecular weight is 229 g/mol. The van der Waals surface area contributed by atoms with Gasteiger partial charge >= 0.3 is 0 Å². The fraction of sp³-hybridized carbons (Fsp3) is 0.455. The molecule has 2 rings (SSSR count). The second-order valence-corrected chi connectivity index (χ2v) is 4.31. The molecule has 2 nitrogen and oxygen atoms in total. The van der Waals surface area contributed by atoms with Crippen molar-refractivity contribution in [3.8, 4) is 0 Å². The molecular formula is C11H14ClFN2. The molecule has 0 spiro atoms. The van der Waals surface area contributed by atoms with Crippen molar-refractivity contribution in [3.05, 3.63) is 29.0 Å². The Morgan fingerprint density at radius 3 is 2.93 bits per heavy atom. The number of piperazine rings is 1. The van der Waals surface area contributed by atoms with Gasteiger partial charge in [0.25, 0.3) is 0 Å². The molecule has 1 fully saturated rings. The zero-order valence-corrected chi connectivity index (χ0v) is 9.39. The third kappa shape index (κ3) is 2.41. The van der Waals surface area contributed by atoms with Crippen molar-refractivity contribution >= 4 is 17.3 Å². The summed E-state index contributed by atoms with van der Waals surface area (Å²) in [7, 11) is 0. The van der Waals surface area contributed by atoms with Gasteiger partial charge in [-0.25, -0.2) is 4.39 Å². The summed E-state index contributed by atoms with van der Waals surface area (Å²) in [4.78, 5) is 2.17. The summed E-state index contributed by atoms with van der Waals surface area (Å²) in [6.45, 7) is 4.86. The minimum Gasteiger partial charge on any atom is -0.366 e. The van der Waals surface area contributed by atoms with Gasteiger partial charge in [0, 0.05) is 36.4 Å². The molecule has 0 saturated carbocycles. The Balaban J connectivity index is 2.27. The van der Waals surface area contributed by atoms with Gasteiger partial charge in [-0.1, -0.05) is 11.6 Å². The number of anilines is 1. The second kappa shape index (κ2) is 4.37. The van der Waals surface area contributed by atoms with Crippen LogP contribution in [0, 0.1) is 5.82 Å². The van der Waals surface area contributed by atoms with Crippen LogP contribution in [0.25, 0.3) is 0 Å². The maximum atomic E-state index is 13.2. The number of hydrogen-bond acceptors (Lipinski definition) is 2. The number of halogens is 2. The lowest BCUT2D eigenvalue weighted by molar-refractivity contribution is 0.499. The van der Waals surface area contributed by atoms with Gasteiger partial charge in [0.2, 0.25) is 0 Å². The van der Waals surface area contributed by atoms with Crippen molar-refractivity contribution in [3.63, 3.8) is 0 Å². The first-order valence-corrected chi connectivity index (χ1v) is 5.48. The molecule has 0 bridgehead atoms. The van der Waals surface area contributed by atoms with E-state index in [1.807, 2.05) is 6.07 Å². The molecule has 1 saturated heterocycles. The normalized spacial score (nSPS) is 21.8. The lowest BCUT2D eigenvalue weighted by Crippen LogP contribution is -2.49. The summed E-state index contributed by atoms with van der Waals surface area (Å²) in [5.41, 5.74) is 0.869. The molecule has 1 aromatic carbocycles. The van der Waals surface area contributed by atoms with Gasteiger partial charge in [-0.2, -0.15) is 0 Å². The van der Waals surface area contributed by atoms with Crippen molar-refractivity contribution in [2.24, 2.45) is 0 Å². The molecule has 1 heterocycles. The third-order valence-corrected chi connectivity index (χ3v) is 2.90. The highest BCUT2D eigenvalue weighted by molar-refractivity contribution is 6.30. The Labute approximate surface area is 94.0 Å². The fourth-order valence-corrected chi connectivity index (χ4v) is 2.15. The second-order valence-electron chi connectivity index (χ2n) is 3.87. The molecule has 1 N–H and O–H groups in total. The first-order valence-electron chi connectivity index (χ1n) is 5.10. The highest BCUT2D eigenvalue weighted by Crippen LogP contribution is 2.23. The molecule has 1 atom stereocenters. The minimum absolute atomic E-state index is 0.275. The fourth-order valence-electron chi connectivity index (χ4n) is 1.93. The average Bonchev–Trinajstić information content (AvgIpc) is 2.16. The van der Waals surface area contributed by atoms with Crippen molar-refractivity contribution in [2.45, 2.75) is 13.0 Å². The van der Waals surface area contributed by atoms with Gasteiger partial charge in [-0.3, -0.25) is 0 Å². The zero-order valence-electron chi connectivity index (χ0n) is 8.63. The zero-order chi connectivity index (χ0) is 10.8. The van der Waals surface area contributed by atoms with Crippen LogP contribution >= 0.6 is 11.6 Å². The number of nitrogens with zero attached hydrogens (tertiary/aromatic N) is 1. The molecule has 82 valence electrons. The number of hydrogen-bond donors (Lipinski definition) is 1. The van der Waals surface area contributed by atoms with E-state index in [-0.39, 0.29) is 5.82 Å². The van der Waals surface area contributed by atoms with E-state index in [0.29, 0.717) is 11.1 Å². The van der Waals surface area contributed by atoms with Crippen LogP contribution in [0.1, 0.15) is 6.92 Å². The summed E-state index contributed by atoms with van der Waals surface area (Å²) in [5.74, 6) is -0.275. The summed E-state index contributed by atoms with van der Waals surface area (Å²) in [6.07, 6.45) is 0. The van der Waals surface area contributed by atoms with E-state index in [4.69, 9.17) is 11.6 Å². The van der Waals surface area contributed by atoms with Crippen LogP contribution in [0.5, 0.6) is 0 Å². The predicted octanol–water partition coefficient (Wildman–Crippen LogP) is 2.28. The van der Waals surface area contributed by atoms with Crippen molar-refractivity contribution < 1.29 is 4.39 Å². The van der Waals surface area contributed by atoms with E-state index in [9.17, 15) is 4.39 Å². The highest BCUT2D eigenvalue weighted by Gasteiger charge is 2.18. The van der Waals surface area contributed by atoms with Crippen LogP contribution in [-0.4, -0.2) is 25.7 Å². The van der Waals surface area contributed by atoms with E-state index in [1.165, 1.54) is 12.1 Å². The Morgan fingerprint density at radius 2 is 2.27 bits per heavy atom. The Hall–Kier alpha value is -0.800. The summed E-state index contributed by atoms with van der Waals surface area (Å²) < 4.78 is 13.2. The van der Waals surface area contributed by atoms with Crippen molar-refractivity contribution in [1.82, 2.24) is 5.32 Å². The largest absolute Gasteiger partial charge is 0.366 e. The van der Waals surface area contributed by atoms with Crippen LogP contribution in [0.2, 0.25) is 5.02 Å². The lowest BCUT2D eigenvalue weighted by Gasteiger charge is -2.36. The lowest BCUT2D eigenvalue weighted by atomic mass is 10.2. The molecule has 4 heteroatoms. The van der Waals surface area contributed by atoms with E-state index < -0.39 is 0 Å². The highest BCUT2D eigenvalue weighted by atomic mass is 35.5. The molecule has 0 radical (unpaired) electrons. The first-order chi connectivity index (χ1) is 7.16. The Kier molecular flexibility index (Phi) is 3.12. The Morgan fingerprint density at radius 1 is 1.47 bits per heavy atom.